The van der Waals surface area contributed by atoms with Crippen molar-refractivity contribution in [1.82, 2.24) is 0 Å². The second-order valence-electron chi connectivity index (χ2n) is 20.3. The van der Waals surface area contributed by atoms with Crippen LogP contribution in [0.15, 0.2) is 255 Å². The van der Waals surface area contributed by atoms with Crippen molar-refractivity contribution in [2.45, 2.75) is 13.8 Å². The quantitative estimate of drug-likeness (QED) is 0.0941. The minimum Gasteiger partial charge on any atom is -0.310 e. The van der Waals surface area contributed by atoms with Gasteiger partial charge in [-0.1, -0.05) is 230 Å². The maximum absolute atomic E-state index is 2.40. The van der Waals surface area contributed by atoms with Crippen LogP contribution in [0.25, 0.3) is 100 Å². The molecule has 0 N–H and O–H groups in total. The van der Waals surface area contributed by atoms with Crippen molar-refractivity contribution in [3.63, 3.8) is 0 Å². The molecule has 0 saturated heterocycles. The van der Waals surface area contributed by atoms with E-state index in [9.17, 15) is 0 Å². The summed E-state index contributed by atoms with van der Waals surface area (Å²) in [6.07, 6.45) is 8.80. The van der Waals surface area contributed by atoms with Crippen LogP contribution in [0.1, 0.15) is 33.4 Å². The van der Waals surface area contributed by atoms with Gasteiger partial charge < -0.3 is 9.80 Å². The van der Waals surface area contributed by atoms with E-state index in [2.05, 4.69) is 303 Å². The first-order valence-electron chi connectivity index (χ1n) is 26.3. The van der Waals surface area contributed by atoms with Gasteiger partial charge in [0.05, 0.1) is 11.4 Å². The molecule has 0 spiro atoms. The lowest BCUT2D eigenvalue weighted by Crippen LogP contribution is -2.10. The highest BCUT2D eigenvalue weighted by atomic mass is 15.1. The van der Waals surface area contributed by atoms with Crippen LogP contribution < -0.4 is 9.80 Å². The van der Waals surface area contributed by atoms with Gasteiger partial charge in [0.2, 0.25) is 0 Å². The number of hydrogen-bond donors (Lipinski definition) is 0. The standard InChI is InChI=1S/C74H52N2/c1-49-9-37-63(38-10-49)75(69-47-35-61-31-29-57-5-3-7-59-33-45-67(69)73(61)71(57)59)65-41-21-53(22-42-65)15-13-51-17-25-55(26-18-51)56-27-19-52(20-28-56)14-16-54-23-43-66(44-24-54)76(64-39-11-50(2)12-40-64)70-48-36-62-32-30-58-6-4-8-60-34-46-68(70)74(62)72(58)60/h3-48H,1-2H3. The number of hydrogen-bond acceptors (Lipinski definition) is 2. The summed E-state index contributed by atoms with van der Waals surface area (Å²) < 4.78 is 0. The molecule has 0 aliphatic rings. The molecule has 0 atom stereocenters. The molecule has 14 aromatic carbocycles. The first kappa shape index (κ1) is 44.9. The molecule has 0 aliphatic heterocycles. The Morgan fingerprint density at radius 2 is 0.500 bits per heavy atom. The van der Waals surface area contributed by atoms with Crippen LogP contribution in [0.4, 0.5) is 34.1 Å². The Kier molecular flexibility index (Phi) is 11.0. The van der Waals surface area contributed by atoms with Gasteiger partial charge in [-0.05, 0) is 162 Å². The molecule has 14 aromatic rings. The molecule has 0 aliphatic carbocycles. The fourth-order valence-electron chi connectivity index (χ4n) is 11.5. The Bertz CT molecular complexity index is 4150. The SMILES string of the molecule is Cc1ccc(N(c2ccc(C=Cc3ccc(-c4ccc(C=Cc5ccc(N(c6ccc(C)cc6)c6ccc7ccc8cccc9ccc6c7c89)cc5)cc4)cc3)cc2)c2ccc3ccc4cccc5ccc2c3c45)cc1. The van der Waals surface area contributed by atoms with Gasteiger partial charge in [0.15, 0.2) is 0 Å². The van der Waals surface area contributed by atoms with E-state index in [4.69, 9.17) is 0 Å². The molecule has 0 amide bonds. The van der Waals surface area contributed by atoms with Crippen molar-refractivity contribution in [1.29, 1.82) is 0 Å². The first-order valence-corrected chi connectivity index (χ1v) is 26.3. The largest absolute Gasteiger partial charge is 0.310 e. The van der Waals surface area contributed by atoms with E-state index in [0.717, 1.165) is 45.0 Å². The van der Waals surface area contributed by atoms with E-state index in [1.54, 1.807) is 0 Å². The van der Waals surface area contributed by atoms with Crippen LogP contribution >= 0.6 is 0 Å². The van der Waals surface area contributed by atoms with E-state index in [-0.39, 0.29) is 0 Å². The van der Waals surface area contributed by atoms with Crippen LogP contribution in [-0.4, -0.2) is 0 Å². The Morgan fingerprint density at radius 3 is 0.829 bits per heavy atom. The summed E-state index contributed by atoms with van der Waals surface area (Å²) >= 11 is 0. The van der Waals surface area contributed by atoms with Gasteiger partial charge >= 0.3 is 0 Å². The van der Waals surface area contributed by atoms with Crippen LogP contribution in [0.3, 0.4) is 0 Å². The zero-order valence-corrected chi connectivity index (χ0v) is 42.5. The Hall–Kier alpha value is -9.76. The fourth-order valence-corrected chi connectivity index (χ4v) is 11.5. The molecule has 0 bridgehead atoms. The van der Waals surface area contributed by atoms with Crippen molar-refractivity contribution in [2.24, 2.45) is 0 Å². The molecule has 0 heterocycles. The normalized spacial score (nSPS) is 12.0. The molecule has 2 heteroatoms. The summed E-state index contributed by atoms with van der Waals surface area (Å²) in [6.45, 7) is 4.29. The predicted octanol–water partition coefficient (Wildman–Crippen LogP) is 21.0. The monoisotopic (exact) mass is 968 g/mol. The molecule has 2 nitrogen and oxygen atoms in total. The molecule has 0 unspecified atom stereocenters. The molecule has 0 fully saturated rings. The highest BCUT2D eigenvalue weighted by Gasteiger charge is 2.20. The van der Waals surface area contributed by atoms with E-state index >= 15 is 0 Å². The lowest BCUT2D eigenvalue weighted by atomic mass is 9.93. The van der Waals surface area contributed by atoms with Gasteiger partial charge in [0.1, 0.15) is 0 Å². The minimum atomic E-state index is 1.12. The molecule has 0 aromatic heterocycles. The Balaban J connectivity index is 0.675. The third-order valence-electron chi connectivity index (χ3n) is 15.5. The van der Waals surface area contributed by atoms with E-state index in [0.29, 0.717) is 0 Å². The van der Waals surface area contributed by atoms with Gasteiger partial charge in [-0.2, -0.15) is 0 Å². The Labute approximate surface area is 443 Å². The fraction of sp³-hybridized carbons (Fsp3) is 0.0270. The average Bonchev–Trinajstić information content (AvgIpc) is 3.61. The van der Waals surface area contributed by atoms with Crippen molar-refractivity contribution >= 4 is 123 Å². The summed E-state index contributed by atoms with van der Waals surface area (Å²) in [5.41, 5.74) is 16.3. The number of benzene rings is 14. The highest BCUT2D eigenvalue weighted by molar-refractivity contribution is 6.27. The zero-order valence-electron chi connectivity index (χ0n) is 42.5. The van der Waals surface area contributed by atoms with Crippen LogP contribution in [0.5, 0.6) is 0 Å². The van der Waals surface area contributed by atoms with E-state index in [1.165, 1.54) is 98.3 Å². The van der Waals surface area contributed by atoms with Gasteiger partial charge in [-0.25, -0.2) is 0 Å². The van der Waals surface area contributed by atoms with Crippen molar-refractivity contribution in [2.75, 3.05) is 9.80 Å². The maximum atomic E-state index is 2.40. The van der Waals surface area contributed by atoms with Crippen LogP contribution in [-0.2, 0) is 0 Å². The molecule has 76 heavy (non-hydrogen) atoms. The van der Waals surface area contributed by atoms with Crippen molar-refractivity contribution in [3.8, 4) is 11.1 Å². The van der Waals surface area contributed by atoms with Crippen LogP contribution in [0, 0.1) is 13.8 Å². The van der Waals surface area contributed by atoms with E-state index in [1.807, 2.05) is 0 Å². The second-order valence-corrected chi connectivity index (χ2v) is 20.3. The molecule has 0 radical (unpaired) electrons. The third-order valence-corrected chi connectivity index (χ3v) is 15.5. The number of nitrogens with zero attached hydrogens (tertiary/aromatic N) is 2. The molecule has 0 saturated carbocycles. The van der Waals surface area contributed by atoms with E-state index < -0.39 is 0 Å². The molecular weight excluding hydrogens is 917 g/mol. The van der Waals surface area contributed by atoms with Crippen LogP contribution in [0.2, 0.25) is 0 Å². The summed E-state index contributed by atoms with van der Waals surface area (Å²) in [7, 11) is 0. The third kappa shape index (κ3) is 8.09. The highest BCUT2D eigenvalue weighted by Crippen LogP contribution is 2.46. The number of rotatable bonds is 11. The topological polar surface area (TPSA) is 6.48 Å². The van der Waals surface area contributed by atoms with Gasteiger partial charge in [0, 0.05) is 33.5 Å². The average molecular weight is 969 g/mol. The molecule has 14 rings (SSSR count). The molecular formula is C74H52N2. The number of aryl methyl sites for hydroxylation is 2. The van der Waals surface area contributed by atoms with Crippen molar-refractivity contribution in [3.05, 3.63) is 288 Å². The zero-order chi connectivity index (χ0) is 50.7. The predicted molar refractivity (Wildman–Crippen MR) is 329 cm³/mol. The van der Waals surface area contributed by atoms with Gasteiger partial charge in [-0.3, -0.25) is 0 Å². The lowest BCUT2D eigenvalue weighted by molar-refractivity contribution is 1.29. The summed E-state index contributed by atoms with van der Waals surface area (Å²) in [5, 5.41) is 15.4. The minimum absolute atomic E-state index is 1.12. The van der Waals surface area contributed by atoms with Crippen molar-refractivity contribution < 1.29 is 0 Å². The lowest BCUT2D eigenvalue weighted by Gasteiger charge is -2.28. The second kappa shape index (κ2) is 18.6. The Morgan fingerprint density at radius 1 is 0.237 bits per heavy atom. The molecule has 358 valence electrons. The smallest absolute Gasteiger partial charge is 0.0540 e. The number of anilines is 6. The van der Waals surface area contributed by atoms with Gasteiger partial charge in [-0.15, -0.1) is 0 Å². The maximum Gasteiger partial charge on any atom is 0.0540 e. The summed E-state index contributed by atoms with van der Waals surface area (Å²) in [6, 6.07) is 93.7. The summed E-state index contributed by atoms with van der Waals surface area (Å²) in [5.74, 6) is 0. The van der Waals surface area contributed by atoms with Gasteiger partial charge in [0.25, 0.3) is 0 Å². The summed E-state index contributed by atoms with van der Waals surface area (Å²) in [4.78, 5) is 4.80. The first-order chi connectivity index (χ1) is 37.5.